The van der Waals surface area contributed by atoms with Crippen LogP contribution in [-0.4, -0.2) is 60.4 Å². The largest absolute Gasteiger partial charge is 0.376 e. The fourth-order valence-corrected chi connectivity index (χ4v) is 1.43. The van der Waals surface area contributed by atoms with Crippen LogP contribution in [0.15, 0.2) is 0 Å². The molecule has 110 valence electrons. The van der Waals surface area contributed by atoms with E-state index in [1.54, 1.807) is 0 Å². The lowest BCUT2D eigenvalue weighted by Crippen LogP contribution is -2.29. The second kappa shape index (κ2) is 10.1. The van der Waals surface area contributed by atoms with Crippen molar-refractivity contribution in [3.8, 4) is 0 Å². The van der Waals surface area contributed by atoms with Crippen molar-refractivity contribution in [2.45, 2.75) is 12.2 Å². The Morgan fingerprint density at radius 2 is 1.37 bits per heavy atom. The van der Waals surface area contributed by atoms with E-state index in [1.807, 2.05) is 0 Å². The molecule has 2 aliphatic heterocycles. The molecule has 0 aromatic rings. The average molecular weight is 343 g/mol. The van der Waals surface area contributed by atoms with Gasteiger partial charge in [0.25, 0.3) is 0 Å². The molecule has 19 heavy (non-hydrogen) atoms. The predicted molar refractivity (Wildman–Crippen MR) is 89.5 cm³/mol. The zero-order valence-electron chi connectivity index (χ0n) is 10.3. The number of epoxide rings is 2. The summed E-state index contributed by atoms with van der Waals surface area (Å²) in [4.78, 5) is 0. The van der Waals surface area contributed by atoms with E-state index in [-0.39, 0.29) is 0 Å². The van der Waals surface area contributed by atoms with Crippen LogP contribution in [0, 0.1) is 0 Å². The summed E-state index contributed by atoms with van der Waals surface area (Å²) >= 11 is 17.0. The van der Waals surface area contributed by atoms with Gasteiger partial charge in [-0.25, -0.2) is 0 Å². The molecule has 0 saturated carbocycles. The lowest BCUT2D eigenvalue weighted by atomic mass is 10.5. The molecule has 2 unspecified atom stereocenters. The molecule has 0 aromatic heterocycles. The molecule has 0 bridgehead atoms. The Morgan fingerprint density at radius 3 is 1.63 bits per heavy atom. The van der Waals surface area contributed by atoms with E-state index in [0.717, 1.165) is 26.4 Å². The topological polar surface area (TPSA) is 58.4 Å². The predicted octanol–water partition coefficient (Wildman–Crippen LogP) is 0.396. The van der Waals surface area contributed by atoms with E-state index in [2.05, 4.69) is 60.3 Å². The summed E-state index contributed by atoms with van der Waals surface area (Å²) < 4.78 is 16.1. The summed E-state index contributed by atoms with van der Waals surface area (Å²) in [6.07, 6.45) is 0.785. The Hall–Kier alpha value is 0.360. The molecule has 0 aromatic carbocycles. The number of thiol groups is 2. The van der Waals surface area contributed by atoms with Gasteiger partial charge < -0.3 is 24.8 Å². The fourth-order valence-electron chi connectivity index (χ4n) is 0.998. The van der Waals surface area contributed by atoms with Crippen LogP contribution in [0.4, 0.5) is 0 Å². The van der Waals surface area contributed by atoms with Crippen LogP contribution in [0.3, 0.4) is 0 Å². The smallest absolute Gasteiger partial charge is 0.130 e. The lowest BCUT2D eigenvalue weighted by Gasteiger charge is -2.03. The van der Waals surface area contributed by atoms with Gasteiger partial charge in [0, 0.05) is 13.1 Å². The molecule has 0 aliphatic carbocycles. The van der Waals surface area contributed by atoms with Crippen LogP contribution in [0.25, 0.3) is 0 Å². The molecule has 2 rings (SSSR count). The molecule has 0 amide bonds. The number of nitrogens with one attached hydrogen (secondary N) is 2. The molecular weight excluding hydrogens is 324 g/mol. The van der Waals surface area contributed by atoms with Gasteiger partial charge in [0.1, 0.15) is 20.8 Å². The van der Waals surface area contributed by atoms with Crippen molar-refractivity contribution >= 4 is 58.3 Å². The van der Waals surface area contributed by atoms with E-state index in [1.165, 1.54) is 0 Å². The van der Waals surface area contributed by atoms with Crippen LogP contribution in [0.5, 0.6) is 0 Å². The Kier molecular flexibility index (Phi) is 9.29. The number of ether oxygens (including phenoxy) is 3. The zero-order chi connectivity index (χ0) is 14.1. The van der Waals surface area contributed by atoms with Crippen molar-refractivity contribution in [2.24, 2.45) is 0 Å². The minimum absolute atomic E-state index is 0.392. The van der Waals surface area contributed by atoms with Crippen LogP contribution in [0.2, 0.25) is 0 Å². The van der Waals surface area contributed by atoms with Crippen LogP contribution in [0.1, 0.15) is 0 Å². The molecule has 0 radical (unpaired) electrons. The summed E-state index contributed by atoms with van der Waals surface area (Å²) in [5.41, 5.74) is 0. The monoisotopic (exact) mass is 342 g/mol. The molecule has 5 nitrogen and oxygen atoms in total. The highest BCUT2D eigenvalue weighted by molar-refractivity contribution is 8.11. The van der Waals surface area contributed by atoms with E-state index in [0.29, 0.717) is 33.9 Å². The van der Waals surface area contributed by atoms with Gasteiger partial charge in [-0.15, -0.1) is 25.3 Å². The lowest BCUT2D eigenvalue weighted by molar-refractivity contribution is 0.102. The molecule has 2 saturated heterocycles. The normalized spacial score (nSPS) is 22.8. The highest BCUT2D eigenvalue weighted by Crippen LogP contribution is 2.12. The zero-order valence-corrected chi connectivity index (χ0v) is 13.8. The first-order valence-corrected chi connectivity index (χ1v) is 7.53. The fraction of sp³-hybridized carbons (Fsp3) is 0.800. The number of hydrogen-bond donors (Lipinski definition) is 4. The minimum atomic E-state index is 0.392. The summed E-state index contributed by atoms with van der Waals surface area (Å²) in [6.45, 7) is 4.68. The van der Waals surface area contributed by atoms with Gasteiger partial charge in [0.05, 0.1) is 26.4 Å². The van der Waals surface area contributed by atoms with E-state index < -0.39 is 0 Å². The maximum Gasteiger partial charge on any atom is 0.130 e. The quantitative estimate of drug-likeness (QED) is 0.231. The Morgan fingerprint density at radius 1 is 1.00 bits per heavy atom. The van der Waals surface area contributed by atoms with Gasteiger partial charge in [-0.2, -0.15) is 0 Å². The number of hydrogen-bond acceptors (Lipinski definition) is 5. The SMILES string of the molecule is C(OCC1CO1)C1CO1.S=C(S)NCCNC(=S)S. The third kappa shape index (κ3) is 13.1. The van der Waals surface area contributed by atoms with Crippen molar-refractivity contribution in [3.05, 3.63) is 0 Å². The average Bonchev–Trinajstić information content (AvgIpc) is 3.18. The first-order valence-electron chi connectivity index (χ1n) is 5.82. The molecular formula is C10H18N2O3S4. The third-order valence-electron chi connectivity index (χ3n) is 2.09. The molecule has 2 heterocycles. The van der Waals surface area contributed by atoms with Crippen molar-refractivity contribution in [3.63, 3.8) is 0 Å². The second-order valence-corrected chi connectivity index (χ2v) is 6.23. The number of rotatable bonds is 7. The summed E-state index contributed by atoms with van der Waals surface area (Å²) in [6, 6.07) is 0. The summed E-state index contributed by atoms with van der Waals surface area (Å²) in [5.74, 6) is 0. The molecule has 2 fully saturated rings. The van der Waals surface area contributed by atoms with E-state index >= 15 is 0 Å². The van der Waals surface area contributed by atoms with Crippen molar-refractivity contribution in [2.75, 3.05) is 39.5 Å². The van der Waals surface area contributed by atoms with Crippen molar-refractivity contribution in [1.29, 1.82) is 0 Å². The standard InChI is InChI=1S/C6H10O3.C4H8N2S4/c1(5-3-8-5)7-2-6-4-9-6;7-3(8)5-1-2-6-4(9)10/h5-6H,1-4H2;1-2H2,(H2,5,7,8)(H2,6,9,10). The van der Waals surface area contributed by atoms with Crippen LogP contribution >= 0.6 is 49.7 Å². The Balaban J connectivity index is 0.000000190. The van der Waals surface area contributed by atoms with Gasteiger partial charge in [-0.3, -0.25) is 0 Å². The molecule has 9 heteroatoms. The maximum atomic E-state index is 5.23. The first-order chi connectivity index (χ1) is 9.08. The molecule has 0 spiro atoms. The minimum Gasteiger partial charge on any atom is -0.376 e. The van der Waals surface area contributed by atoms with Gasteiger partial charge in [-0.05, 0) is 0 Å². The highest BCUT2D eigenvalue weighted by Gasteiger charge is 2.26. The molecule has 2 aliphatic rings. The molecule has 2 N–H and O–H groups in total. The van der Waals surface area contributed by atoms with Gasteiger partial charge >= 0.3 is 0 Å². The summed E-state index contributed by atoms with van der Waals surface area (Å²) in [7, 11) is 0. The summed E-state index contributed by atoms with van der Waals surface area (Å²) in [5, 5.41) is 5.68. The van der Waals surface area contributed by atoms with Gasteiger partial charge in [-0.1, -0.05) is 24.4 Å². The van der Waals surface area contributed by atoms with Gasteiger partial charge in [0.15, 0.2) is 0 Å². The highest BCUT2D eigenvalue weighted by atomic mass is 32.1. The Bertz CT molecular complexity index is 270. The van der Waals surface area contributed by atoms with E-state index in [4.69, 9.17) is 14.2 Å². The maximum absolute atomic E-state index is 5.23. The Labute approximate surface area is 134 Å². The van der Waals surface area contributed by atoms with Crippen LogP contribution < -0.4 is 10.6 Å². The first kappa shape index (κ1) is 17.4. The second-order valence-electron chi connectivity index (χ2n) is 3.91. The van der Waals surface area contributed by atoms with Crippen LogP contribution in [-0.2, 0) is 14.2 Å². The molecule has 2 atom stereocenters. The van der Waals surface area contributed by atoms with Crippen molar-refractivity contribution < 1.29 is 14.2 Å². The van der Waals surface area contributed by atoms with Gasteiger partial charge in [0.2, 0.25) is 0 Å². The number of thiocarbonyl (C=S) groups is 2. The third-order valence-corrected chi connectivity index (χ3v) is 2.69. The van der Waals surface area contributed by atoms with Crippen molar-refractivity contribution in [1.82, 2.24) is 10.6 Å². The van der Waals surface area contributed by atoms with E-state index in [9.17, 15) is 0 Å².